The quantitative estimate of drug-likeness (QED) is 0.452. The normalized spacial score (nSPS) is 18.4. The minimum Gasteiger partial charge on any atom is -0.352 e. The number of nitrogens with one attached hydrogen (secondary N) is 1. The maximum atomic E-state index is 13.3. The predicted molar refractivity (Wildman–Crippen MR) is 137 cm³/mol. The van der Waals surface area contributed by atoms with E-state index in [1.165, 1.54) is 28.6 Å². The molecule has 2 amide bonds. The minimum atomic E-state index is -4.53. The number of rotatable bonds is 4. The first-order valence-corrected chi connectivity index (χ1v) is 13.3. The third-order valence-electron chi connectivity index (χ3n) is 7.00. The number of anilines is 2. The van der Waals surface area contributed by atoms with Gasteiger partial charge < -0.3 is 15.1 Å². The summed E-state index contributed by atoms with van der Waals surface area (Å²) in [5, 5.41) is 3.61. The second-order valence-electron chi connectivity index (χ2n) is 9.69. The van der Waals surface area contributed by atoms with Crippen molar-refractivity contribution in [3.8, 4) is 0 Å². The van der Waals surface area contributed by atoms with Crippen LogP contribution in [0.3, 0.4) is 0 Å². The number of nitrogens with zero attached hydrogens (tertiary/aromatic N) is 4. The zero-order valence-corrected chi connectivity index (χ0v) is 21.3. The topological polar surface area (TPSA) is 61.4 Å². The highest BCUT2D eigenvalue weighted by molar-refractivity contribution is 7.19. The Bertz CT molecular complexity index is 1270. The van der Waals surface area contributed by atoms with Crippen LogP contribution in [0.1, 0.15) is 48.5 Å². The number of urea groups is 1. The van der Waals surface area contributed by atoms with Crippen LogP contribution in [0.4, 0.5) is 29.5 Å². The summed E-state index contributed by atoms with van der Waals surface area (Å²) in [6.45, 7) is 6.33. The molecule has 3 aromatic rings. The molecule has 1 fully saturated rings. The van der Waals surface area contributed by atoms with Crippen LogP contribution in [-0.4, -0.2) is 47.1 Å². The number of hydrogen-bond donors (Lipinski definition) is 1. The molecule has 1 aliphatic heterocycles. The first-order valence-electron chi connectivity index (χ1n) is 12.5. The fourth-order valence-electron chi connectivity index (χ4n) is 5.09. The lowest BCUT2D eigenvalue weighted by molar-refractivity contribution is -0.136. The molecule has 1 aromatic carbocycles. The average molecular weight is 518 g/mol. The number of piperazine rings is 1. The standard InChI is InChI=1S/C26H30F3N5OS/c1-3-6-21-31-23(22-17-10-9-16(2)15-20(17)36-24(22)32-21)33-11-13-34(14-12-33)25(35)30-19-8-5-4-7-18(19)26(27,28)29/h4-5,7-8,16H,3,6,9-15H2,1-2H3,(H,30,35)/t16-/m0/s1. The number of halogens is 3. The number of alkyl halides is 3. The second-order valence-corrected chi connectivity index (χ2v) is 10.8. The molecule has 0 saturated carbocycles. The molecule has 10 heteroatoms. The lowest BCUT2D eigenvalue weighted by Crippen LogP contribution is -2.50. The van der Waals surface area contributed by atoms with Crippen LogP contribution in [0.2, 0.25) is 0 Å². The fraction of sp³-hybridized carbons (Fsp3) is 0.500. The van der Waals surface area contributed by atoms with Crippen LogP contribution in [0, 0.1) is 5.92 Å². The van der Waals surface area contributed by atoms with Crippen LogP contribution >= 0.6 is 11.3 Å². The van der Waals surface area contributed by atoms with Crippen LogP contribution in [0.5, 0.6) is 0 Å². The van der Waals surface area contributed by atoms with E-state index in [4.69, 9.17) is 9.97 Å². The summed E-state index contributed by atoms with van der Waals surface area (Å²) in [6, 6.07) is 4.54. The molecule has 2 aromatic heterocycles. The maximum absolute atomic E-state index is 13.3. The van der Waals surface area contributed by atoms with Gasteiger partial charge in [-0.2, -0.15) is 13.2 Å². The van der Waals surface area contributed by atoms with Crippen molar-refractivity contribution in [2.75, 3.05) is 36.4 Å². The summed E-state index contributed by atoms with van der Waals surface area (Å²) in [4.78, 5) is 28.9. The van der Waals surface area contributed by atoms with E-state index >= 15 is 0 Å². The first kappa shape index (κ1) is 24.8. The smallest absolute Gasteiger partial charge is 0.352 e. The second kappa shape index (κ2) is 9.88. The van der Waals surface area contributed by atoms with Crippen molar-refractivity contribution in [2.45, 2.75) is 52.1 Å². The van der Waals surface area contributed by atoms with Gasteiger partial charge in [0.05, 0.1) is 16.6 Å². The van der Waals surface area contributed by atoms with Gasteiger partial charge in [0.2, 0.25) is 0 Å². The Balaban J connectivity index is 1.35. The summed E-state index contributed by atoms with van der Waals surface area (Å²) < 4.78 is 40.0. The van der Waals surface area contributed by atoms with E-state index < -0.39 is 17.8 Å². The molecule has 6 nitrogen and oxygen atoms in total. The number of hydrogen-bond acceptors (Lipinski definition) is 5. The Labute approximate surface area is 212 Å². The summed E-state index contributed by atoms with van der Waals surface area (Å²) in [7, 11) is 0. The van der Waals surface area contributed by atoms with Gasteiger partial charge in [-0.15, -0.1) is 11.3 Å². The lowest BCUT2D eigenvalue weighted by Gasteiger charge is -2.36. The van der Waals surface area contributed by atoms with Gasteiger partial charge in [0.25, 0.3) is 0 Å². The van der Waals surface area contributed by atoms with Crippen molar-refractivity contribution >= 4 is 39.1 Å². The van der Waals surface area contributed by atoms with Gasteiger partial charge in [-0.05, 0) is 49.3 Å². The number of aromatic nitrogens is 2. The maximum Gasteiger partial charge on any atom is 0.418 e. The summed E-state index contributed by atoms with van der Waals surface area (Å²) in [6.07, 6.45) is 0.494. The number of fused-ring (bicyclic) bond motifs is 3. The predicted octanol–water partition coefficient (Wildman–Crippen LogP) is 6.14. The lowest BCUT2D eigenvalue weighted by atomic mass is 9.89. The van der Waals surface area contributed by atoms with Gasteiger partial charge in [0.1, 0.15) is 16.5 Å². The van der Waals surface area contributed by atoms with Crippen molar-refractivity contribution < 1.29 is 18.0 Å². The van der Waals surface area contributed by atoms with Gasteiger partial charge in [0, 0.05) is 37.5 Å². The van der Waals surface area contributed by atoms with Crippen molar-refractivity contribution in [1.29, 1.82) is 0 Å². The molecule has 2 aliphatic rings. The zero-order chi connectivity index (χ0) is 25.4. The Kier molecular flexibility index (Phi) is 6.80. The van der Waals surface area contributed by atoms with Gasteiger partial charge in [-0.1, -0.05) is 26.0 Å². The van der Waals surface area contributed by atoms with Crippen molar-refractivity contribution in [1.82, 2.24) is 14.9 Å². The van der Waals surface area contributed by atoms with E-state index in [9.17, 15) is 18.0 Å². The Morgan fingerprint density at radius 3 is 2.64 bits per heavy atom. The average Bonchev–Trinajstić information content (AvgIpc) is 3.20. The zero-order valence-electron chi connectivity index (χ0n) is 20.5. The van der Waals surface area contributed by atoms with Gasteiger partial charge in [-0.25, -0.2) is 14.8 Å². The number of aryl methyl sites for hydroxylation is 2. The number of carbonyl (C=O) groups excluding carboxylic acids is 1. The SMILES string of the molecule is CCCc1nc(N2CCN(C(=O)Nc3ccccc3C(F)(F)F)CC2)c2c3c(sc2n1)C[C@@H](C)CC3. The summed E-state index contributed by atoms with van der Waals surface area (Å²) >= 11 is 1.79. The molecular weight excluding hydrogens is 487 g/mol. The van der Waals surface area contributed by atoms with Crippen LogP contribution in [-0.2, 0) is 25.4 Å². The Hall–Kier alpha value is -2.88. The molecule has 1 aliphatic carbocycles. The number of carbonyl (C=O) groups is 1. The van der Waals surface area contributed by atoms with E-state index in [0.29, 0.717) is 32.1 Å². The molecule has 0 bridgehead atoms. The van der Waals surface area contributed by atoms with Gasteiger partial charge in [0.15, 0.2) is 0 Å². The molecule has 5 rings (SSSR count). The van der Waals surface area contributed by atoms with Crippen molar-refractivity contribution in [2.24, 2.45) is 5.92 Å². The molecule has 36 heavy (non-hydrogen) atoms. The molecular formula is C26H30F3N5OS. The van der Waals surface area contributed by atoms with E-state index in [-0.39, 0.29) is 5.69 Å². The highest BCUT2D eigenvalue weighted by Gasteiger charge is 2.34. The van der Waals surface area contributed by atoms with Crippen molar-refractivity contribution in [3.63, 3.8) is 0 Å². The fourth-order valence-corrected chi connectivity index (χ4v) is 6.48. The Morgan fingerprint density at radius 1 is 1.17 bits per heavy atom. The molecule has 1 saturated heterocycles. The third-order valence-corrected chi connectivity index (χ3v) is 8.14. The molecule has 192 valence electrons. The van der Waals surface area contributed by atoms with E-state index in [1.54, 1.807) is 16.2 Å². The van der Waals surface area contributed by atoms with Crippen molar-refractivity contribution in [3.05, 3.63) is 46.1 Å². The highest BCUT2D eigenvalue weighted by Crippen LogP contribution is 2.41. The molecule has 3 heterocycles. The molecule has 1 atom stereocenters. The van der Waals surface area contributed by atoms with Gasteiger partial charge >= 0.3 is 12.2 Å². The van der Waals surface area contributed by atoms with E-state index in [2.05, 4.69) is 24.1 Å². The number of amides is 2. The van der Waals surface area contributed by atoms with E-state index in [0.717, 1.165) is 60.0 Å². The molecule has 0 radical (unpaired) electrons. The van der Waals surface area contributed by atoms with Crippen LogP contribution in [0.25, 0.3) is 10.2 Å². The van der Waals surface area contributed by atoms with Gasteiger partial charge in [-0.3, -0.25) is 0 Å². The molecule has 0 spiro atoms. The monoisotopic (exact) mass is 517 g/mol. The molecule has 0 unspecified atom stereocenters. The summed E-state index contributed by atoms with van der Waals surface area (Å²) in [5.74, 6) is 2.45. The number of thiophene rings is 1. The summed E-state index contributed by atoms with van der Waals surface area (Å²) in [5.41, 5.74) is 0.300. The Morgan fingerprint density at radius 2 is 1.92 bits per heavy atom. The van der Waals surface area contributed by atoms with Crippen LogP contribution < -0.4 is 10.2 Å². The van der Waals surface area contributed by atoms with Crippen LogP contribution in [0.15, 0.2) is 24.3 Å². The minimum absolute atomic E-state index is 0.224. The highest BCUT2D eigenvalue weighted by atomic mass is 32.1. The third kappa shape index (κ3) is 4.87. The van der Waals surface area contributed by atoms with E-state index in [1.807, 2.05) is 0 Å². The largest absolute Gasteiger partial charge is 0.418 e. The first-order chi connectivity index (χ1) is 17.2. The number of para-hydroxylation sites is 1. The number of benzene rings is 1. The molecule has 1 N–H and O–H groups in total.